The number of aryl methyl sites for hydroxylation is 1. The second-order valence-electron chi connectivity index (χ2n) is 6.05. The Bertz CT molecular complexity index is 1050. The Labute approximate surface area is 150 Å². The fraction of sp³-hybridized carbons (Fsp3) is 0.143. The number of benzene rings is 3. The summed E-state index contributed by atoms with van der Waals surface area (Å²) in [5.41, 5.74) is 3.24. The van der Waals surface area contributed by atoms with Crippen molar-refractivity contribution in [2.75, 3.05) is 5.32 Å². The minimum atomic E-state index is -0.0346. The van der Waals surface area contributed by atoms with Crippen LogP contribution in [0.5, 0.6) is 0 Å². The van der Waals surface area contributed by atoms with Crippen LogP contribution in [0.1, 0.15) is 18.1 Å². The molecule has 124 valence electrons. The Morgan fingerprint density at radius 3 is 2.56 bits per heavy atom. The minimum Gasteiger partial charge on any atom is -0.302 e. The number of hydrogen-bond acceptors (Lipinski definition) is 3. The Morgan fingerprint density at radius 2 is 1.76 bits per heavy atom. The van der Waals surface area contributed by atoms with E-state index in [9.17, 15) is 4.79 Å². The summed E-state index contributed by atoms with van der Waals surface area (Å²) in [5.74, 6) is -0.0346. The Balaban J connectivity index is 1.55. The van der Waals surface area contributed by atoms with E-state index in [0.717, 1.165) is 33.0 Å². The van der Waals surface area contributed by atoms with Crippen LogP contribution in [0.15, 0.2) is 60.7 Å². The summed E-state index contributed by atoms with van der Waals surface area (Å²) in [5, 5.41) is 5.87. The molecular weight excluding hydrogens is 328 g/mol. The third kappa shape index (κ3) is 3.26. The summed E-state index contributed by atoms with van der Waals surface area (Å²) in [6.45, 7) is 2.12. The van der Waals surface area contributed by atoms with Crippen LogP contribution in [0, 0.1) is 0 Å². The normalized spacial score (nSPS) is 11.1. The molecule has 1 heterocycles. The van der Waals surface area contributed by atoms with Crippen molar-refractivity contribution in [1.82, 2.24) is 4.98 Å². The highest BCUT2D eigenvalue weighted by molar-refractivity contribution is 7.22. The predicted molar refractivity (Wildman–Crippen MR) is 105 cm³/mol. The fourth-order valence-electron chi connectivity index (χ4n) is 2.96. The molecule has 4 heteroatoms. The van der Waals surface area contributed by atoms with Crippen molar-refractivity contribution < 1.29 is 4.79 Å². The minimum absolute atomic E-state index is 0.0346. The van der Waals surface area contributed by atoms with Crippen LogP contribution in [0.25, 0.3) is 21.0 Å². The number of thiazole rings is 1. The molecule has 0 unspecified atom stereocenters. The highest BCUT2D eigenvalue weighted by Crippen LogP contribution is 2.31. The van der Waals surface area contributed by atoms with E-state index in [1.54, 1.807) is 0 Å². The predicted octanol–water partition coefficient (Wildman–Crippen LogP) is 5.19. The van der Waals surface area contributed by atoms with E-state index in [1.807, 2.05) is 24.3 Å². The molecule has 0 aliphatic rings. The SMILES string of the molecule is CCc1ccc(CC(=O)Nc2nc3c(ccc4ccccc43)s2)cc1. The first kappa shape index (κ1) is 15.8. The van der Waals surface area contributed by atoms with Crippen LogP contribution in [-0.2, 0) is 17.6 Å². The summed E-state index contributed by atoms with van der Waals surface area (Å²) < 4.78 is 1.08. The van der Waals surface area contributed by atoms with Crippen LogP contribution in [0.3, 0.4) is 0 Å². The Hall–Kier alpha value is -2.72. The van der Waals surface area contributed by atoms with Gasteiger partial charge in [0.25, 0.3) is 0 Å². The molecule has 3 nitrogen and oxygen atoms in total. The number of nitrogens with one attached hydrogen (secondary N) is 1. The zero-order valence-electron chi connectivity index (χ0n) is 14.0. The highest BCUT2D eigenvalue weighted by Gasteiger charge is 2.10. The average Bonchev–Trinajstić information content (AvgIpc) is 3.05. The maximum Gasteiger partial charge on any atom is 0.230 e. The van der Waals surface area contributed by atoms with Gasteiger partial charge in [-0.05, 0) is 29.0 Å². The van der Waals surface area contributed by atoms with Crippen molar-refractivity contribution in [3.05, 3.63) is 71.8 Å². The molecule has 0 radical (unpaired) electrons. The van der Waals surface area contributed by atoms with E-state index in [4.69, 9.17) is 0 Å². The van der Waals surface area contributed by atoms with Gasteiger partial charge >= 0.3 is 0 Å². The van der Waals surface area contributed by atoms with Crippen molar-refractivity contribution in [1.29, 1.82) is 0 Å². The monoisotopic (exact) mass is 346 g/mol. The van der Waals surface area contributed by atoms with Crippen LogP contribution in [0.4, 0.5) is 5.13 Å². The zero-order valence-corrected chi connectivity index (χ0v) is 14.8. The van der Waals surface area contributed by atoms with Crippen molar-refractivity contribution in [2.24, 2.45) is 0 Å². The lowest BCUT2D eigenvalue weighted by molar-refractivity contribution is -0.115. The number of aromatic nitrogens is 1. The molecule has 4 rings (SSSR count). The molecule has 0 bridgehead atoms. The van der Waals surface area contributed by atoms with Gasteiger partial charge in [-0.3, -0.25) is 4.79 Å². The zero-order chi connectivity index (χ0) is 17.2. The van der Waals surface area contributed by atoms with Gasteiger partial charge < -0.3 is 5.32 Å². The number of amides is 1. The maximum absolute atomic E-state index is 12.3. The molecular formula is C21H18N2OS. The van der Waals surface area contributed by atoms with E-state index in [0.29, 0.717) is 11.6 Å². The summed E-state index contributed by atoms with van der Waals surface area (Å²) in [6.07, 6.45) is 1.37. The first-order valence-electron chi connectivity index (χ1n) is 8.39. The van der Waals surface area contributed by atoms with Gasteiger partial charge in [-0.15, -0.1) is 0 Å². The van der Waals surface area contributed by atoms with E-state index < -0.39 is 0 Å². The molecule has 3 aromatic carbocycles. The van der Waals surface area contributed by atoms with Crippen LogP contribution >= 0.6 is 11.3 Å². The lowest BCUT2D eigenvalue weighted by Crippen LogP contribution is -2.14. The molecule has 0 spiro atoms. The van der Waals surface area contributed by atoms with Gasteiger partial charge in [0.05, 0.1) is 16.6 Å². The second kappa shape index (κ2) is 6.65. The molecule has 1 aromatic heterocycles. The number of nitrogens with zero attached hydrogens (tertiary/aromatic N) is 1. The van der Waals surface area contributed by atoms with Crippen molar-refractivity contribution in [3.63, 3.8) is 0 Å². The highest BCUT2D eigenvalue weighted by atomic mass is 32.1. The van der Waals surface area contributed by atoms with Gasteiger partial charge in [0, 0.05) is 5.39 Å². The fourth-order valence-corrected chi connectivity index (χ4v) is 3.85. The summed E-state index contributed by atoms with van der Waals surface area (Å²) in [6, 6.07) is 20.5. The summed E-state index contributed by atoms with van der Waals surface area (Å²) >= 11 is 1.51. The van der Waals surface area contributed by atoms with E-state index >= 15 is 0 Å². The van der Waals surface area contributed by atoms with Gasteiger partial charge in [0.1, 0.15) is 0 Å². The first-order valence-corrected chi connectivity index (χ1v) is 9.20. The standard InChI is InChI=1S/C21H18N2OS/c1-2-14-7-9-15(10-8-14)13-19(24)22-21-23-20-17-6-4-3-5-16(17)11-12-18(20)25-21/h3-12H,2,13H2,1H3,(H,22,23,24). The molecule has 0 aliphatic heterocycles. The van der Waals surface area contributed by atoms with Gasteiger partial charge in [0.15, 0.2) is 5.13 Å². The number of fused-ring (bicyclic) bond motifs is 3. The lowest BCUT2D eigenvalue weighted by Gasteiger charge is -2.03. The Morgan fingerprint density at radius 1 is 1.00 bits per heavy atom. The largest absolute Gasteiger partial charge is 0.302 e. The number of anilines is 1. The van der Waals surface area contributed by atoms with E-state index in [1.165, 1.54) is 16.9 Å². The third-order valence-electron chi connectivity index (χ3n) is 4.33. The van der Waals surface area contributed by atoms with Gasteiger partial charge in [-0.25, -0.2) is 4.98 Å². The molecule has 25 heavy (non-hydrogen) atoms. The molecule has 0 fully saturated rings. The average molecular weight is 346 g/mol. The van der Waals surface area contributed by atoms with E-state index in [2.05, 4.69) is 53.6 Å². The molecule has 1 N–H and O–H groups in total. The third-order valence-corrected chi connectivity index (χ3v) is 5.26. The van der Waals surface area contributed by atoms with Gasteiger partial charge in [-0.2, -0.15) is 0 Å². The number of carbonyl (C=O) groups excluding carboxylic acids is 1. The van der Waals surface area contributed by atoms with Gasteiger partial charge in [0.2, 0.25) is 5.91 Å². The lowest BCUT2D eigenvalue weighted by atomic mass is 10.1. The summed E-state index contributed by atoms with van der Waals surface area (Å²) in [4.78, 5) is 17.0. The molecule has 0 aliphatic carbocycles. The Kier molecular flexibility index (Phi) is 4.20. The topological polar surface area (TPSA) is 42.0 Å². The number of rotatable bonds is 4. The summed E-state index contributed by atoms with van der Waals surface area (Å²) in [7, 11) is 0. The van der Waals surface area contributed by atoms with Gasteiger partial charge in [-0.1, -0.05) is 72.9 Å². The molecule has 0 saturated carbocycles. The smallest absolute Gasteiger partial charge is 0.230 e. The quantitative estimate of drug-likeness (QED) is 0.552. The van der Waals surface area contributed by atoms with Crippen molar-refractivity contribution >= 4 is 43.4 Å². The number of hydrogen-bond donors (Lipinski definition) is 1. The molecule has 4 aromatic rings. The van der Waals surface area contributed by atoms with Crippen molar-refractivity contribution in [2.45, 2.75) is 19.8 Å². The molecule has 0 saturated heterocycles. The second-order valence-corrected chi connectivity index (χ2v) is 7.08. The van der Waals surface area contributed by atoms with Crippen LogP contribution in [0.2, 0.25) is 0 Å². The number of carbonyl (C=O) groups is 1. The van der Waals surface area contributed by atoms with Crippen LogP contribution < -0.4 is 5.32 Å². The molecule has 1 amide bonds. The van der Waals surface area contributed by atoms with Crippen LogP contribution in [-0.4, -0.2) is 10.9 Å². The molecule has 0 atom stereocenters. The maximum atomic E-state index is 12.3. The van der Waals surface area contributed by atoms with E-state index in [-0.39, 0.29) is 5.91 Å². The van der Waals surface area contributed by atoms with Crippen molar-refractivity contribution in [3.8, 4) is 0 Å². The first-order chi connectivity index (χ1) is 12.2.